The molecule has 32 heavy (non-hydrogen) atoms. The van der Waals surface area contributed by atoms with Gasteiger partial charge in [0.25, 0.3) is 10.1 Å². The number of halogens is 3. The van der Waals surface area contributed by atoms with Gasteiger partial charge >= 0.3 is 6.18 Å². The lowest BCUT2D eigenvalue weighted by molar-refractivity contribution is -0.137. The number of aryl methyl sites for hydroxylation is 1. The van der Waals surface area contributed by atoms with Crippen LogP contribution in [-0.2, 0) is 27.0 Å². The summed E-state index contributed by atoms with van der Waals surface area (Å²) in [7, 11) is -0.659. The van der Waals surface area contributed by atoms with E-state index >= 15 is 0 Å². The lowest BCUT2D eigenvalue weighted by atomic mass is 10.1. The minimum absolute atomic E-state index is 0.567. The van der Waals surface area contributed by atoms with E-state index in [0.717, 1.165) is 40.9 Å². The van der Waals surface area contributed by atoms with Crippen LogP contribution in [0.2, 0.25) is 0 Å². The van der Waals surface area contributed by atoms with E-state index in [1.165, 1.54) is 29.5 Å². The van der Waals surface area contributed by atoms with Crippen LogP contribution in [0.15, 0.2) is 53.9 Å². The van der Waals surface area contributed by atoms with Crippen LogP contribution in [0.3, 0.4) is 0 Å². The van der Waals surface area contributed by atoms with Crippen molar-refractivity contribution in [1.82, 2.24) is 4.98 Å². The van der Waals surface area contributed by atoms with Gasteiger partial charge in [0.2, 0.25) is 0 Å². The van der Waals surface area contributed by atoms with Crippen LogP contribution in [0.25, 0.3) is 16.6 Å². The number of benzene rings is 2. The summed E-state index contributed by atoms with van der Waals surface area (Å²) in [4.78, 5) is 7.53. The Morgan fingerprint density at radius 1 is 1.09 bits per heavy atom. The van der Waals surface area contributed by atoms with Crippen LogP contribution >= 0.6 is 11.3 Å². The second-order valence-corrected chi connectivity index (χ2v) is 9.69. The van der Waals surface area contributed by atoms with E-state index in [2.05, 4.69) is 9.17 Å². The average Bonchev–Trinajstić information content (AvgIpc) is 3.12. The van der Waals surface area contributed by atoms with Crippen molar-refractivity contribution in [2.45, 2.75) is 19.6 Å². The van der Waals surface area contributed by atoms with Gasteiger partial charge in [-0.3, -0.25) is 4.18 Å². The van der Waals surface area contributed by atoms with E-state index in [9.17, 15) is 21.6 Å². The van der Waals surface area contributed by atoms with E-state index in [4.69, 9.17) is 0 Å². The van der Waals surface area contributed by atoms with E-state index in [-0.39, 0.29) is 0 Å². The standard InChI is InChI=1S/C22H21F3N2O3S2/c1-15-20(31-21(26-15)17-6-8-18(9-7-17)22(23,24)25)14-27(2)19-10-4-16(5-11-19)12-13-32(28,29)30-3/h4-13H,14H2,1-3H3/b13-12+. The highest BCUT2D eigenvalue weighted by Gasteiger charge is 2.30. The lowest BCUT2D eigenvalue weighted by Crippen LogP contribution is -2.16. The zero-order valence-electron chi connectivity index (χ0n) is 17.6. The van der Waals surface area contributed by atoms with Crippen molar-refractivity contribution in [2.75, 3.05) is 19.1 Å². The molecule has 5 nitrogen and oxygen atoms in total. The maximum Gasteiger partial charge on any atom is 0.416 e. The van der Waals surface area contributed by atoms with Crippen molar-refractivity contribution in [1.29, 1.82) is 0 Å². The number of aromatic nitrogens is 1. The van der Waals surface area contributed by atoms with Crippen molar-refractivity contribution < 1.29 is 25.8 Å². The number of rotatable bonds is 7. The Bertz CT molecular complexity index is 1200. The van der Waals surface area contributed by atoms with Gasteiger partial charge < -0.3 is 4.90 Å². The third-order valence-electron chi connectivity index (χ3n) is 4.73. The smallest absolute Gasteiger partial charge is 0.369 e. The fraction of sp³-hybridized carbons (Fsp3) is 0.227. The molecule has 0 saturated heterocycles. The second kappa shape index (κ2) is 9.43. The van der Waals surface area contributed by atoms with Gasteiger partial charge in [-0.2, -0.15) is 21.6 Å². The van der Waals surface area contributed by atoms with Gasteiger partial charge in [0, 0.05) is 23.2 Å². The molecule has 0 unspecified atom stereocenters. The zero-order chi connectivity index (χ0) is 23.5. The van der Waals surface area contributed by atoms with Crippen molar-refractivity contribution in [2.24, 2.45) is 0 Å². The van der Waals surface area contributed by atoms with Crippen molar-refractivity contribution in [3.8, 4) is 10.6 Å². The van der Waals surface area contributed by atoms with Gasteiger partial charge in [0.05, 0.1) is 30.3 Å². The number of alkyl halides is 3. The van der Waals surface area contributed by atoms with Crippen molar-refractivity contribution in [3.63, 3.8) is 0 Å². The second-order valence-electron chi connectivity index (χ2n) is 7.01. The number of anilines is 1. The number of nitrogens with zero attached hydrogens (tertiary/aromatic N) is 2. The number of hydrogen-bond acceptors (Lipinski definition) is 6. The summed E-state index contributed by atoms with van der Waals surface area (Å²) >= 11 is 1.44. The van der Waals surface area contributed by atoms with Crippen molar-refractivity contribution >= 4 is 33.2 Å². The molecule has 0 aliphatic heterocycles. The third kappa shape index (κ3) is 5.96. The van der Waals surface area contributed by atoms with Crippen LogP contribution in [0.4, 0.5) is 18.9 Å². The number of thiazole rings is 1. The molecule has 3 aromatic rings. The van der Waals surface area contributed by atoms with E-state index in [1.54, 1.807) is 12.1 Å². The molecule has 2 aromatic carbocycles. The normalized spacial score (nSPS) is 12.4. The van der Waals surface area contributed by atoms with E-state index in [1.807, 2.05) is 31.0 Å². The molecular weight excluding hydrogens is 461 g/mol. The molecule has 0 saturated carbocycles. The molecular formula is C22H21F3N2O3S2. The molecule has 0 radical (unpaired) electrons. The highest BCUT2D eigenvalue weighted by molar-refractivity contribution is 7.89. The molecule has 0 N–H and O–H groups in total. The first-order chi connectivity index (χ1) is 15.0. The molecule has 170 valence electrons. The molecule has 0 atom stereocenters. The van der Waals surface area contributed by atoms with E-state index < -0.39 is 21.9 Å². The molecule has 0 amide bonds. The van der Waals surface area contributed by atoms with Gasteiger partial charge in [0.15, 0.2) is 0 Å². The van der Waals surface area contributed by atoms with Crippen LogP contribution in [0.1, 0.15) is 21.7 Å². The average molecular weight is 483 g/mol. The number of hydrogen-bond donors (Lipinski definition) is 0. The van der Waals surface area contributed by atoms with Gasteiger partial charge in [0.1, 0.15) is 5.01 Å². The van der Waals surface area contributed by atoms with Crippen LogP contribution in [0, 0.1) is 6.92 Å². The molecule has 1 heterocycles. The third-order valence-corrected chi connectivity index (χ3v) is 6.85. The van der Waals surface area contributed by atoms with Crippen LogP contribution in [-0.4, -0.2) is 27.6 Å². The molecule has 10 heteroatoms. The highest BCUT2D eigenvalue weighted by Crippen LogP contribution is 2.33. The van der Waals surface area contributed by atoms with Gasteiger partial charge in [-0.15, -0.1) is 11.3 Å². The predicted octanol–water partition coefficient (Wildman–Crippen LogP) is 5.72. The van der Waals surface area contributed by atoms with Crippen molar-refractivity contribution in [3.05, 3.63) is 75.6 Å². The Morgan fingerprint density at radius 3 is 2.28 bits per heavy atom. The Hall–Kier alpha value is -2.69. The Kier molecular flexibility index (Phi) is 7.06. The minimum Gasteiger partial charge on any atom is -0.369 e. The fourth-order valence-corrected chi connectivity index (χ4v) is 4.42. The summed E-state index contributed by atoms with van der Waals surface area (Å²) in [6, 6.07) is 12.3. The van der Waals surface area contributed by atoms with Crippen LogP contribution in [0.5, 0.6) is 0 Å². The highest BCUT2D eigenvalue weighted by atomic mass is 32.2. The summed E-state index contributed by atoms with van der Waals surface area (Å²) < 4.78 is 65.5. The summed E-state index contributed by atoms with van der Waals surface area (Å²) in [6.07, 6.45) is -2.92. The zero-order valence-corrected chi connectivity index (χ0v) is 19.2. The van der Waals surface area contributed by atoms with E-state index in [0.29, 0.717) is 22.7 Å². The summed E-state index contributed by atoms with van der Waals surface area (Å²) in [6.45, 7) is 2.44. The summed E-state index contributed by atoms with van der Waals surface area (Å²) in [5.74, 6) is 0. The monoisotopic (exact) mass is 482 g/mol. The molecule has 1 aromatic heterocycles. The first-order valence-corrected chi connectivity index (χ1v) is 11.7. The van der Waals surface area contributed by atoms with Crippen LogP contribution < -0.4 is 4.90 Å². The van der Waals surface area contributed by atoms with Gasteiger partial charge in [-0.05, 0) is 42.8 Å². The lowest BCUT2D eigenvalue weighted by Gasteiger charge is -2.18. The maximum atomic E-state index is 12.8. The Morgan fingerprint density at radius 2 is 1.72 bits per heavy atom. The Balaban J connectivity index is 1.72. The molecule has 0 aliphatic carbocycles. The molecule has 3 rings (SSSR count). The molecule has 0 spiro atoms. The topological polar surface area (TPSA) is 59.5 Å². The summed E-state index contributed by atoms with van der Waals surface area (Å²) in [5.41, 5.74) is 2.40. The quantitative estimate of drug-likeness (QED) is 0.403. The SMILES string of the molecule is COS(=O)(=O)/C=C/c1ccc(N(C)Cc2sc(-c3ccc(C(F)(F)F)cc3)nc2C)cc1. The van der Waals surface area contributed by atoms with Gasteiger partial charge in [-0.1, -0.05) is 24.3 Å². The predicted molar refractivity (Wildman–Crippen MR) is 121 cm³/mol. The summed E-state index contributed by atoms with van der Waals surface area (Å²) in [5, 5.41) is 1.66. The molecule has 0 aliphatic rings. The first kappa shape index (κ1) is 24.0. The fourth-order valence-electron chi connectivity index (χ4n) is 2.86. The maximum absolute atomic E-state index is 12.8. The minimum atomic E-state index is -4.37. The molecule has 0 bridgehead atoms. The Labute approximate surface area is 188 Å². The largest absolute Gasteiger partial charge is 0.416 e. The first-order valence-electron chi connectivity index (χ1n) is 9.42. The van der Waals surface area contributed by atoms with Gasteiger partial charge in [-0.25, -0.2) is 4.98 Å². The molecule has 0 fully saturated rings.